The van der Waals surface area contributed by atoms with E-state index in [0.29, 0.717) is 52.4 Å². The van der Waals surface area contributed by atoms with Crippen LogP contribution in [0.5, 0.6) is 0 Å². The van der Waals surface area contributed by atoms with Crippen molar-refractivity contribution in [2.24, 2.45) is 0 Å². The molecule has 0 spiro atoms. The number of rotatable bonds is 17. The fourth-order valence-electron chi connectivity index (χ4n) is 20.7. The summed E-state index contributed by atoms with van der Waals surface area (Å²) in [6, 6.07) is 190. The molecule has 26 rings (SSSR count). The fraction of sp³-hybridized carbons (Fsp3) is 0.0150. The number of aromatic nitrogens is 9. The van der Waals surface area contributed by atoms with Gasteiger partial charge in [-0.05, 0) is 145 Å². The van der Waals surface area contributed by atoms with E-state index < -0.39 is 10.8 Å². The van der Waals surface area contributed by atoms with Crippen molar-refractivity contribution >= 4 is 21.5 Å². The van der Waals surface area contributed by atoms with Crippen molar-refractivity contribution in [1.29, 1.82) is 0 Å². The molecule has 9 heteroatoms. The molecule has 0 saturated heterocycles. The minimum absolute atomic E-state index is 0.504. The van der Waals surface area contributed by atoms with Crippen molar-refractivity contribution < 1.29 is 0 Å². The number of hydrogen-bond donors (Lipinski definition) is 0. The van der Waals surface area contributed by atoms with E-state index in [1.54, 1.807) is 0 Å². The van der Waals surface area contributed by atoms with E-state index in [1.807, 2.05) is 84.9 Å². The van der Waals surface area contributed by atoms with Gasteiger partial charge in [-0.15, -0.1) is 0 Å². The summed E-state index contributed by atoms with van der Waals surface area (Å²) in [4.78, 5) is 45.5. The first kappa shape index (κ1) is 86.0. The summed E-state index contributed by atoms with van der Waals surface area (Å²) in [5, 5.41) is 5.01. The second-order valence-corrected chi connectivity index (χ2v) is 35.7. The van der Waals surface area contributed by atoms with Crippen LogP contribution in [0.1, 0.15) is 44.5 Å². The van der Waals surface area contributed by atoms with Gasteiger partial charge in [0.15, 0.2) is 52.4 Å². The van der Waals surface area contributed by atoms with Crippen LogP contribution in [0.15, 0.2) is 540 Å². The summed E-state index contributed by atoms with van der Waals surface area (Å²) < 4.78 is 0. The van der Waals surface area contributed by atoms with Crippen LogP contribution in [0.3, 0.4) is 0 Å². The van der Waals surface area contributed by atoms with Gasteiger partial charge in [0.2, 0.25) is 0 Å². The normalized spacial score (nSPS) is 12.2. The molecule has 0 unspecified atom stereocenters. The summed E-state index contributed by atoms with van der Waals surface area (Å²) in [5.41, 5.74) is 31.6. The molecule has 0 N–H and O–H groups in total. The summed E-state index contributed by atoms with van der Waals surface area (Å²) in [6.45, 7) is 0. The molecule has 0 aliphatic heterocycles. The molecule has 0 atom stereocenters. The molecule has 21 aromatic carbocycles. The van der Waals surface area contributed by atoms with Crippen molar-refractivity contribution in [2.45, 2.75) is 10.8 Å². The van der Waals surface area contributed by atoms with E-state index in [-0.39, 0.29) is 0 Å². The van der Waals surface area contributed by atoms with Crippen LogP contribution in [0.4, 0.5) is 0 Å². The molecule has 0 radical (unpaired) electrons. The highest BCUT2D eigenvalue weighted by Crippen LogP contribution is 2.60. The van der Waals surface area contributed by atoms with Gasteiger partial charge < -0.3 is 0 Å². The van der Waals surface area contributed by atoms with Crippen LogP contribution >= 0.6 is 0 Å². The van der Waals surface area contributed by atoms with E-state index >= 15 is 0 Å². The summed E-state index contributed by atoms with van der Waals surface area (Å²) in [7, 11) is 0. The van der Waals surface area contributed by atoms with Crippen LogP contribution in [-0.2, 0) is 10.8 Å². The first-order valence-electron chi connectivity index (χ1n) is 48.0. The van der Waals surface area contributed by atoms with Gasteiger partial charge in [-0.2, -0.15) is 0 Å². The summed E-state index contributed by atoms with van der Waals surface area (Å²) in [5.74, 6) is 5.83. The molecule has 0 fully saturated rings. The first-order valence-corrected chi connectivity index (χ1v) is 48.0. The van der Waals surface area contributed by atoms with Crippen LogP contribution < -0.4 is 0 Å². The molecule has 9 nitrogen and oxygen atoms in total. The summed E-state index contributed by atoms with van der Waals surface area (Å²) >= 11 is 0. The maximum Gasteiger partial charge on any atom is 0.164 e. The molecule has 2 aliphatic carbocycles. The van der Waals surface area contributed by atoms with Gasteiger partial charge in [0.05, 0.1) is 10.8 Å². The van der Waals surface area contributed by atoms with Crippen LogP contribution in [0.25, 0.3) is 191 Å². The molecule has 142 heavy (non-hydrogen) atoms. The third-order valence-electron chi connectivity index (χ3n) is 27.4. The Kier molecular flexibility index (Phi) is 23.0. The molecule has 0 bridgehead atoms. The minimum atomic E-state index is -0.504. The van der Waals surface area contributed by atoms with Crippen molar-refractivity contribution in [3.8, 4) is 169 Å². The van der Waals surface area contributed by atoms with Gasteiger partial charge in [0, 0.05) is 50.1 Å². The molecule has 3 aromatic heterocycles. The Morgan fingerprint density at radius 2 is 0.359 bits per heavy atom. The van der Waals surface area contributed by atoms with Crippen molar-refractivity contribution in [3.63, 3.8) is 0 Å². The lowest BCUT2D eigenvalue weighted by molar-refractivity contribution is 0.768. The molecule has 2 aliphatic rings. The lowest BCUT2D eigenvalue weighted by atomic mass is 9.67. The summed E-state index contributed by atoms with van der Waals surface area (Å²) in [6.07, 6.45) is 0. The Labute approximate surface area is 825 Å². The average molecular weight is 1810 g/mol. The van der Waals surface area contributed by atoms with E-state index in [2.05, 4.69) is 455 Å². The van der Waals surface area contributed by atoms with Gasteiger partial charge in [-0.25, -0.2) is 44.9 Å². The van der Waals surface area contributed by atoms with E-state index in [4.69, 9.17) is 44.9 Å². The smallest absolute Gasteiger partial charge is 0.164 e. The van der Waals surface area contributed by atoms with Gasteiger partial charge in [0.25, 0.3) is 0 Å². The number of fused-ring (bicyclic) bond motifs is 9. The highest BCUT2D eigenvalue weighted by Gasteiger charge is 2.49. The maximum absolute atomic E-state index is 5.22. The first-order chi connectivity index (χ1) is 70.4. The van der Waals surface area contributed by atoms with Gasteiger partial charge in [-0.3, -0.25) is 0 Å². The Hall–Kier alpha value is -18.8. The zero-order chi connectivity index (χ0) is 94.5. The van der Waals surface area contributed by atoms with Gasteiger partial charge in [0.1, 0.15) is 0 Å². The predicted molar refractivity (Wildman–Crippen MR) is 580 cm³/mol. The molecular weight excluding hydrogens is 1720 g/mol. The zero-order valence-electron chi connectivity index (χ0n) is 77.4. The second kappa shape index (κ2) is 38.0. The van der Waals surface area contributed by atoms with E-state index in [1.165, 1.54) is 105 Å². The minimum Gasteiger partial charge on any atom is -0.208 e. The second-order valence-electron chi connectivity index (χ2n) is 35.7. The predicted octanol–water partition coefficient (Wildman–Crippen LogP) is 32.3. The molecule has 0 amide bonds. The fourth-order valence-corrected chi connectivity index (χ4v) is 20.7. The highest BCUT2D eigenvalue weighted by molar-refractivity contribution is 6.14. The largest absolute Gasteiger partial charge is 0.208 e. The Bertz CT molecular complexity index is 8510. The van der Waals surface area contributed by atoms with E-state index in [9.17, 15) is 0 Å². The number of benzene rings is 21. The molecule has 0 saturated carbocycles. The standard InChI is InChI=1S/2C46H31N3.C41H27N3/c1-5-16-32(17-6-1)33-28-30-35(31-29-33)44-47-43(34-18-7-2-8-19-34)48-45(49-44)39-25-15-27-41-42(39)38-24-13-14-26-40(38)46(41,36-20-9-3-10-21-36)37-22-11-4-12-23-37;1-5-15-32(16-6-1)33-25-27-35(28-26-33)44-47-43(34-17-7-2-8-18-34)48-45(49-44)36-29-30-40-39-23-13-14-24-41(39)46(42(40)31-36,37-19-9-3-10-20-37)38-21-11-4-12-22-38;1-3-11-28(12-4-1)29-19-23-32(24-20-29)40-42-39(31-13-5-2-6-14-31)43-41(44-40)33-25-21-30(22-26-33)38-27-34-15-7-8-16-35(34)36-17-9-10-18-37(36)38/h2*1-31H;1-27H. The Balaban J connectivity index is 0.000000115. The Morgan fingerprint density at radius 1 is 0.120 bits per heavy atom. The molecule has 666 valence electrons. The lowest BCUT2D eigenvalue weighted by Crippen LogP contribution is -2.28. The highest BCUT2D eigenvalue weighted by atomic mass is 15.1. The monoisotopic (exact) mass is 1810 g/mol. The van der Waals surface area contributed by atoms with Crippen molar-refractivity contribution in [3.05, 3.63) is 584 Å². The number of hydrogen-bond acceptors (Lipinski definition) is 9. The topological polar surface area (TPSA) is 116 Å². The quantitative estimate of drug-likeness (QED) is 0.0822. The van der Waals surface area contributed by atoms with Crippen molar-refractivity contribution in [1.82, 2.24) is 44.9 Å². The molecular formula is C133H89N9. The number of nitrogens with zero attached hydrogens (tertiary/aromatic N) is 9. The molecule has 3 heterocycles. The zero-order valence-corrected chi connectivity index (χ0v) is 77.4. The Morgan fingerprint density at radius 3 is 0.746 bits per heavy atom. The van der Waals surface area contributed by atoms with E-state index in [0.717, 1.165) is 77.9 Å². The van der Waals surface area contributed by atoms with Crippen LogP contribution in [0.2, 0.25) is 0 Å². The lowest BCUT2D eigenvalue weighted by Gasteiger charge is -2.34. The van der Waals surface area contributed by atoms with Crippen LogP contribution in [0, 0.1) is 0 Å². The average Bonchev–Trinajstić information content (AvgIpc) is 1.53. The van der Waals surface area contributed by atoms with Crippen molar-refractivity contribution in [2.75, 3.05) is 0 Å². The third-order valence-corrected chi connectivity index (χ3v) is 27.4. The van der Waals surface area contributed by atoms with Gasteiger partial charge in [-0.1, -0.05) is 528 Å². The maximum atomic E-state index is 5.22. The molecule has 24 aromatic rings. The van der Waals surface area contributed by atoms with Gasteiger partial charge >= 0.3 is 0 Å². The third kappa shape index (κ3) is 16.2. The SMILES string of the molecule is c1ccc(-c2ccc(-c3nc(-c4ccccc4)nc(-c4ccc(-c5cc6ccccc6c6ccccc56)cc4)n3)cc2)cc1.c1ccc(-c2ccc(-c3nc(-c4ccccc4)nc(-c4ccc5c(c4)C(c4ccccc4)(c4ccccc4)c4ccccc4-5)n3)cc2)cc1.c1ccc(-c2ccc(-c3nc(-c4ccccc4)nc(-c4cccc5c4-c4ccccc4C5(c4ccccc4)c4ccccc4)n3)cc2)cc1. The van der Waals surface area contributed by atoms with Crippen LogP contribution in [-0.4, -0.2) is 44.9 Å².